The predicted molar refractivity (Wildman–Crippen MR) is 114 cm³/mol. The lowest BCUT2D eigenvalue weighted by Crippen LogP contribution is -2.43. The lowest BCUT2D eigenvalue weighted by Gasteiger charge is -2.23. The van der Waals surface area contributed by atoms with Gasteiger partial charge in [0.1, 0.15) is 11.9 Å². The zero-order valence-electron chi connectivity index (χ0n) is 15.5. The van der Waals surface area contributed by atoms with E-state index in [9.17, 15) is 0 Å². The lowest BCUT2D eigenvalue weighted by molar-refractivity contribution is 0.234. The monoisotopic (exact) mass is 458 g/mol. The van der Waals surface area contributed by atoms with E-state index in [-0.39, 0.29) is 30.1 Å². The highest BCUT2D eigenvalue weighted by Gasteiger charge is 2.29. The van der Waals surface area contributed by atoms with Gasteiger partial charge in [0.15, 0.2) is 5.96 Å². The number of fused-ring (bicyclic) bond motifs is 1. The van der Waals surface area contributed by atoms with Gasteiger partial charge < -0.3 is 15.4 Å². The van der Waals surface area contributed by atoms with E-state index in [1.807, 2.05) is 12.1 Å². The van der Waals surface area contributed by atoms with Gasteiger partial charge in [0.2, 0.25) is 0 Å². The molecule has 1 aliphatic heterocycles. The first-order valence-corrected chi connectivity index (χ1v) is 9.16. The summed E-state index contributed by atoms with van der Waals surface area (Å²) in [7, 11) is 2.21. The summed E-state index contributed by atoms with van der Waals surface area (Å²) in [6.45, 7) is 6.80. The highest BCUT2D eigenvalue weighted by molar-refractivity contribution is 14.0. The number of benzene rings is 1. The molecule has 2 aliphatic rings. The lowest BCUT2D eigenvalue weighted by atomic mass is 10.1. The normalized spacial score (nSPS) is 20.5. The summed E-state index contributed by atoms with van der Waals surface area (Å²) in [6, 6.07) is 9.53. The van der Waals surface area contributed by atoms with E-state index in [0.29, 0.717) is 6.04 Å². The van der Waals surface area contributed by atoms with Gasteiger partial charge in [-0.3, -0.25) is 9.89 Å². The maximum Gasteiger partial charge on any atom is 0.191 e. The SMILES string of the molecule is CCNC(=NCC(C)N(C)C1CC1)NCC1Cc2ccccc2O1.I. The van der Waals surface area contributed by atoms with E-state index in [2.05, 4.69) is 48.6 Å². The van der Waals surface area contributed by atoms with E-state index in [1.54, 1.807) is 0 Å². The molecule has 1 aromatic carbocycles. The standard InChI is InChI=1S/C19H30N4O.HI/c1-4-20-19(21-12-14(2)23(3)16-9-10-16)22-13-17-11-15-7-5-6-8-18(15)24-17;/h5-8,14,16-17H,4,9-13H2,1-3H3,(H2,20,21,22);1H. The zero-order chi connectivity index (χ0) is 16.9. The third-order valence-electron chi connectivity index (χ3n) is 4.89. The van der Waals surface area contributed by atoms with E-state index in [4.69, 9.17) is 9.73 Å². The molecule has 2 N–H and O–H groups in total. The highest BCUT2D eigenvalue weighted by Crippen LogP contribution is 2.28. The highest BCUT2D eigenvalue weighted by atomic mass is 127. The summed E-state index contributed by atoms with van der Waals surface area (Å²) < 4.78 is 5.99. The van der Waals surface area contributed by atoms with Gasteiger partial charge in [0.05, 0.1) is 13.1 Å². The van der Waals surface area contributed by atoms with Crippen LogP contribution in [0, 0.1) is 0 Å². The summed E-state index contributed by atoms with van der Waals surface area (Å²) in [4.78, 5) is 7.20. The molecule has 0 radical (unpaired) electrons. The number of rotatable bonds is 7. The summed E-state index contributed by atoms with van der Waals surface area (Å²) in [6.07, 6.45) is 3.81. The number of ether oxygens (including phenoxy) is 1. The van der Waals surface area contributed by atoms with Crippen molar-refractivity contribution in [2.75, 3.05) is 26.7 Å². The predicted octanol–water partition coefficient (Wildman–Crippen LogP) is 2.65. The number of nitrogens with zero attached hydrogens (tertiary/aromatic N) is 2. The Morgan fingerprint density at radius 1 is 1.32 bits per heavy atom. The fourth-order valence-electron chi connectivity index (χ4n) is 3.11. The van der Waals surface area contributed by atoms with E-state index in [0.717, 1.165) is 43.8 Å². The minimum Gasteiger partial charge on any atom is -0.488 e. The van der Waals surface area contributed by atoms with Crippen molar-refractivity contribution < 1.29 is 4.74 Å². The van der Waals surface area contributed by atoms with Crippen molar-refractivity contribution in [2.24, 2.45) is 4.99 Å². The number of hydrogen-bond donors (Lipinski definition) is 2. The van der Waals surface area contributed by atoms with Crippen molar-refractivity contribution in [3.05, 3.63) is 29.8 Å². The summed E-state index contributed by atoms with van der Waals surface area (Å²) in [5.74, 6) is 1.90. The Morgan fingerprint density at radius 2 is 2.08 bits per heavy atom. The van der Waals surface area contributed by atoms with Crippen molar-refractivity contribution in [3.8, 4) is 5.75 Å². The Bertz CT molecular complexity index is 551. The van der Waals surface area contributed by atoms with Gasteiger partial charge in [-0.25, -0.2) is 0 Å². The van der Waals surface area contributed by atoms with Crippen LogP contribution in [0.5, 0.6) is 5.75 Å². The van der Waals surface area contributed by atoms with Gasteiger partial charge >= 0.3 is 0 Å². The Kier molecular flexibility index (Phi) is 7.81. The Labute approximate surface area is 168 Å². The fraction of sp³-hybridized carbons (Fsp3) is 0.632. The average Bonchev–Trinajstić information content (AvgIpc) is 3.35. The number of para-hydroxylation sites is 1. The summed E-state index contributed by atoms with van der Waals surface area (Å²) in [5.41, 5.74) is 1.30. The van der Waals surface area contributed by atoms with Crippen LogP contribution in [0.4, 0.5) is 0 Å². The fourth-order valence-corrected chi connectivity index (χ4v) is 3.11. The molecule has 25 heavy (non-hydrogen) atoms. The molecule has 0 aromatic heterocycles. The smallest absolute Gasteiger partial charge is 0.191 e. The van der Waals surface area contributed by atoms with Crippen LogP contribution in [0.3, 0.4) is 0 Å². The molecule has 1 aromatic rings. The van der Waals surface area contributed by atoms with Gasteiger partial charge in [-0.15, -0.1) is 24.0 Å². The Hall–Kier alpha value is -1.02. The first-order valence-electron chi connectivity index (χ1n) is 9.16. The van der Waals surface area contributed by atoms with Crippen LogP contribution in [0.15, 0.2) is 29.3 Å². The van der Waals surface area contributed by atoms with Crippen molar-refractivity contribution in [1.29, 1.82) is 0 Å². The topological polar surface area (TPSA) is 48.9 Å². The number of halogens is 1. The molecule has 2 unspecified atom stereocenters. The summed E-state index contributed by atoms with van der Waals surface area (Å²) in [5, 5.41) is 6.76. The van der Waals surface area contributed by atoms with Crippen molar-refractivity contribution in [1.82, 2.24) is 15.5 Å². The molecular formula is C19H31IN4O. The molecule has 1 saturated carbocycles. The second kappa shape index (κ2) is 9.62. The molecule has 5 nitrogen and oxygen atoms in total. The number of aliphatic imine (C=N–C) groups is 1. The molecule has 0 bridgehead atoms. The van der Waals surface area contributed by atoms with Crippen LogP contribution in [0.25, 0.3) is 0 Å². The first-order chi connectivity index (χ1) is 11.7. The molecule has 0 saturated heterocycles. The molecule has 3 rings (SSSR count). The third-order valence-corrected chi connectivity index (χ3v) is 4.89. The van der Waals surface area contributed by atoms with Crippen LogP contribution in [0.1, 0.15) is 32.3 Å². The van der Waals surface area contributed by atoms with Crippen molar-refractivity contribution in [3.63, 3.8) is 0 Å². The van der Waals surface area contributed by atoms with Gasteiger partial charge in [0, 0.05) is 25.0 Å². The second-order valence-electron chi connectivity index (χ2n) is 6.90. The van der Waals surface area contributed by atoms with Crippen molar-refractivity contribution >= 4 is 29.9 Å². The van der Waals surface area contributed by atoms with Gasteiger partial charge in [-0.1, -0.05) is 18.2 Å². The molecule has 6 heteroatoms. The summed E-state index contributed by atoms with van der Waals surface area (Å²) >= 11 is 0. The average molecular weight is 458 g/mol. The third kappa shape index (κ3) is 5.74. The molecule has 1 heterocycles. The largest absolute Gasteiger partial charge is 0.488 e. The maximum atomic E-state index is 5.99. The van der Waals surface area contributed by atoms with Crippen LogP contribution in [-0.2, 0) is 6.42 Å². The Morgan fingerprint density at radius 3 is 2.76 bits per heavy atom. The molecular weight excluding hydrogens is 427 g/mol. The molecule has 0 spiro atoms. The molecule has 1 aliphatic carbocycles. The van der Waals surface area contributed by atoms with Crippen LogP contribution in [-0.4, -0.2) is 55.7 Å². The molecule has 2 atom stereocenters. The molecule has 140 valence electrons. The molecule has 0 amide bonds. The van der Waals surface area contributed by atoms with Gasteiger partial charge in [0.25, 0.3) is 0 Å². The van der Waals surface area contributed by atoms with Crippen LogP contribution >= 0.6 is 24.0 Å². The van der Waals surface area contributed by atoms with Crippen LogP contribution < -0.4 is 15.4 Å². The Balaban J connectivity index is 0.00000225. The number of likely N-dealkylation sites (N-methyl/N-ethyl adjacent to an activating group) is 1. The first kappa shape index (κ1) is 20.3. The minimum atomic E-state index is 0. The van der Waals surface area contributed by atoms with E-state index in [1.165, 1.54) is 18.4 Å². The quantitative estimate of drug-likeness (QED) is 0.375. The van der Waals surface area contributed by atoms with E-state index >= 15 is 0 Å². The minimum absolute atomic E-state index is 0. The van der Waals surface area contributed by atoms with Crippen molar-refractivity contribution in [2.45, 2.75) is 51.3 Å². The van der Waals surface area contributed by atoms with Gasteiger partial charge in [-0.05, 0) is 45.4 Å². The zero-order valence-corrected chi connectivity index (χ0v) is 17.8. The molecule has 1 fully saturated rings. The van der Waals surface area contributed by atoms with Crippen LogP contribution in [0.2, 0.25) is 0 Å². The second-order valence-corrected chi connectivity index (χ2v) is 6.90. The number of guanidine groups is 1. The van der Waals surface area contributed by atoms with E-state index < -0.39 is 0 Å². The number of hydrogen-bond acceptors (Lipinski definition) is 3. The maximum absolute atomic E-state index is 5.99. The number of nitrogens with one attached hydrogen (secondary N) is 2. The van der Waals surface area contributed by atoms with Gasteiger partial charge in [-0.2, -0.15) is 0 Å².